The van der Waals surface area contributed by atoms with Crippen LogP contribution in [0.15, 0.2) is 0 Å². The van der Waals surface area contributed by atoms with Crippen molar-refractivity contribution in [1.82, 2.24) is 0 Å². The third-order valence-corrected chi connectivity index (χ3v) is 4.61. The normalized spacial score (nSPS) is 14.2. The van der Waals surface area contributed by atoms with Crippen LogP contribution in [0.25, 0.3) is 0 Å². The molecule has 2 N–H and O–H groups in total. The minimum Gasteiger partial charge on any atom is -0.393 e. The van der Waals surface area contributed by atoms with Gasteiger partial charge in [-0.15, -0.1) is 0 Å². The lowest BCUT2D eigenvalue weighted by atomic mass is 10.0. The number of aliphatic hydroxyl groups is 2. The molecular weight excluding hydrogens is 272 g/mol. The van der Waals surface area contributed by atoms with Gasteiger partial charge in [-0.25, -0.2) is 0 Å². The molecule has 2 unspecified atom stereocenters. The van der Waals surface area contributed by atoms with Crippen LogP contribution in [-0.4, -0.2) is 22.4 Å². The Kier molecular flexibility index (Phi) is 17.2. The molecule has 22 heavy (non-hydrogen) atoms. The summed E-state index contributed by atoms with van der Waals surface area (Å²) in [7, 11) is 0. The first-order valence-corrected chi connectivity index (χ1v) is 10.1. The van der Waals surface area contributed by atoms with Crippen molar-refractivity contribution in [2.45, 2.75) is 129 Å². The maximum absolute atomic E-state index is 9.93. The minimum atomic E-state index is -0.118. The van der Waals surface area contributed by atoms with E-state index >= 15 is 0 Å². The van der Waals surface area contributed by atoms with Gasteiger partial charge in [0.15, 0.2) is 0 Å². The number of hydrogen-bond donors (Lipinski definition) is 2. The quantitative estimate of drug-likeness (QED) is 0.324. The maximum Gasteiger partial charge on any atom is 0.0540 e. The van der Waals surface area contributed by atoms with Crippen molar-refractivity contribution in [3.63, 3.8) is 0 Å². The summed E-state index contributed by atoms with van der Waals surface area (Å²) in [5.74, 6) is 0. The molecule has 0 aromatic carbocycles. The highest BCUT2D eigenvalue weighted by molar-refractivity contribution is 4.60. The zero-order valence-electron chi connectivity index (χ0n) is 15.4. The second-order valence-electron chi connectivity index (χ2n) is 7.00. The lowest BCUT2D eigenvalue weighted by Gasteiger charge is -2.12. The summed E-state index contributed by atoms with van der Waals surface area (Å²) in [5.41, 5.74) is 0. The van der Waals surface area contributed by atoms with Crippen LogP contribution in [0.2, 0.25) is 0 Å². The van der Waals surface area contributed by atoms with Gasteiger partial charge in [0, 0.05) is 0 Å². The fourth-order valence-electron chi connectivity index (χ4n) is 3.02. The smallest absolute Gasteiger partial charge is 0.0540 e. The Morgan fingerprint density at radius 2 is 0.727 bits per heavy atom. The third-order valence-electron chi connectivity index (χ3n) is 4.61. The van der Waals surface area contributed by atoms with Gasteiger partial charge in [0.25, 0.3) is 0 Å². The number of unbranched alkanes of at least 4 members (excludes halogenated alkanes) is 9. The topological polar surface area (TPSA) is 40.5 Å². The second kappa shape index (κ2) is 17.3. The van der Waals surface area contributed by atoms with Crippen molar-refractivity contribution in [3.8, 4) is 0 Å². The molecular formula is C20H42O2. The largest absolute Gasteiger partial charge is 0.393 e. The van der Waals surface area contributed by atoms with Crippen molar-refractivity contribution in [2.75, 3.05) is 0 Å². The van der Waals surface area contributed by atoms with Gasteiger partial charge in [0.1, 0.15) is 0 Å². The fraction of sp³-hybridized carbons (Fsp3) is 1.00. The van der Waals surface area contributed by atoms with E-state index in [0.29, 0.717) is 0 Å². The van der Waals surface area contributed by atoms with E-state index in [1.165, 1.54) is 64.2 Å². The van der Waals surface area contributed by atoms with Gasteiger partial charge >= 0.3 is 0 Å². The second-order valence-corrected chi connectivity index (χ2v) is 7.00. The first kappa shape index (κ1) is 21.9. The summed E-state index contributed by atoms with van der Waals surface area (Å²) in [6.45, 7) is 4.46. The van der Waals surface area contributed by atoms with E-state index in [2.05, 4.69) is 13.8 Å². The van der Waals surface area contributed by atoms with Crippen LogP contribution < -0.4 is 0 Å². The van der Waals surface area contributed by atoms with Gasteiger partial charge in [0.2, 0.25) is 0 Å². The Morgan fingerprint density at radius 1 is 0.455 bits per heavy atom. The number of aliphatic hydroxyl groups excluding tert-OH is 2. The number of hydrogen-bond acceptors (Lipinski definition) is 2. The Hall–Kier alpha value is -0.0800. The van der Waals surface area contributed by atoms with Crippen molar-refractivity contribution in [3.05, 3.63) is 0 Å². The van der Waals surface area contributed by atoms with Gasteiger partial charge in [-0.3, -0.25) is 0 Å². The van der Waals surface area contributed by atoms with Crippen LogP contribution >= 0.6 is 0 Å². The van der Waals surface area contributed by atoms with E-state index in [1.807, 2.05) is 0 Å². The van der Waals surface area contributed by atoms with Crippen LogP contribution in [0, 0.1) is 0 Å². The molecule has 0 saturated heterocycles. The molecule has 0 aliphatic rings. The zero-order valence-corrected chi connectivity index (χ0v) is 15.4. The molecule has 0 bridgehead atoms. The van der Waals surface area contributed by atoms with Crippen LogP contribution in [-0.2, 0) is 0 Å². The summed E-state index contributed by atoms with van der Waals surface area (Å²) < 4.78 is 0. The molecule has 0 aliphatic carbocycles. The summed E-state index contributed by atoms with van der Waals surface area (Å²) in [6, 6.07) is 0. The number of rotatable bonds is 17. The molecule has 0 aromatic rings. The van der Waals surface area contributed by atoms with E-state index in [-0.39, 0.29) is 12.2 Å². The molecule has 134 valence electrons. The van der Waals surface area contributed by atoms with Gasteiger partial charge in [0.05, 0.1) is 12.2 Å². The Bertz CT molecular complexity index is 184. The third kappa shape index (κ3) is 16.3. The minimum absolute atomic E-state index is 0.118. The summed E-state index contributed by atoms with van der Waals surface area (Å²) in [4.78, 5) is 0. The predicted octanol–water partition coefficient (Wildman–Crippen LogP) is 5.99. The predicted molar refractivity (Wildman–Crippen MR) is 97.2 cm³/mol. The van der Waals surface area contributed by atoms with Crippen LogP contribution in [0.5, 0.6) is 0 Å². The van der Waals surface area contributed by atoms with E-state index in [0.717, 1.165) is 38.5 Å². The highest BCUT2D eigenvalue weighted by Gasteiger charge is 2.06. The van der Waals surface area contributed by atoms with Gasteiger partial charge in [-0.1, -0.05) is 90.9 Å². The Balaban J connectivity index is 3.28. The lowest BCUT2D eigenvalue weighted by Crippen LogP contribution is -2.09. The van der Waals surface area contributed by atoms with E-state index in [9.17, 15) is 10.2 Å². The molecule has 0 spiro atoms. The Labute approximate surface area is 139 Å². The zero-order chi connectivity index (χ0) is 16.5. The SMILES string of the molecule is CCCCCCCC(O)CCCCC(O)CCCCCCC. The van der Waals surface area contributed by atoms with Crippen LogP contribution in [0.3, 0.4) is 0 Å². The molecule has 2 atom stereocenters. The first-order valence-electron chi connectivity index (χ1n) is 10.1. The van der Waals surface area contributed by atoms with E-state index < -0.39 is 0 Å². The molecule has 2 nitrogen and oxygen atoms in total. The average molecular weight is 315 g/mol. The molecule has 2 heteroatoms. The summed E-state index contributed by atoms with van der Waals surface area (Å²) in [6.07, 6.45) is 18.3. The molecule has 0 saturated carbocycles. The first-order chi connectivity index (χ1) is 10.7. The van der Waals surface area contributed by atoms with Crippen molar-refractivity contribution in [1.29, 1.82) is 0 Å². The molecule has 0 rings (SSSR count). The Morgan fingerprint density at radius 3 is 1.05 bits per heavy atom. The standard InChI is InChI=1S/C20H42O2/c1-3-5-7-9-11-15-19(21)17-13-14-18-20(22)16-12-10-8-6-4-2/h19-22H,3-18H2,1-2H3. The van der Waals surface area contributed by atoms with Gasteiger partial charge in [-0.2, -0.15) is 0 Å². The monoisotopic (exact) mass is 314 g/mol. The highest BCUT2D eigenvalue weighted by Crippen LogP contribution is 2.15. The highest BCUT2D eigenvalue weighted by atomic mass is 16.3. The van der Waals surface area contributed by atoms with Crippen molar-refractivity contribution >= 4 is 0 Å². The molecule has 0 aliphatic heterocycles. The average Bonchev–Trinajstić information content (AvgIpc) is 2.51. The van der Waals surface area contributed by atoms with E-state index in [4.69, 9.17) is 0 Å². The molecule has 0 amide bonds. The molecule has 0 fully saturated rings. The molecule has 0 radical (unpaired) electrons. The summed E-state index contributed by atoms with van der Waals surface area (Å²) >= 11 is 0. The maximum atomic E-state index is 9.93. The van der Waals surface area contributed by atoms with Gasteiger partial charge in [-0.05, 0) is 25.7 Å². The molecule has 0 heterocycles. The summed E-state index contributed by atoms with van der Waals surface area (Å²) in [5, 5.41) is 19.9. The fourth-order valence-corrected chi connectivity index (χ4v) is 3.02. The lowest BCUT2D eigenvalue weighted by molar-refractivity contribution is 0.132. The van der Waals surface area contributed by atoms with Crippen LogP contribution in [0.4, 0.5) is 0 Å². The van der Waals surface area contributed by atoms with Gasteiger partial charge < -0.3 is 10.2 Å². The van der Waals surface area contributed by atoms with E-state index in [1.54, 1.807) is 0 Å². The van der Waals surface area contributed by atoms with Crippen molar-refractivity contribution in [2.24, 2.45) is 0 Å². The van der Waals surface area contributed by atoms with Crippen molar-refractivity contribution < 1.29 is 10.2 Å². The molecule has 0 aromatic heterocycles. The van der Waals surface area contributed by atoms with Crippen LogP contribution in [0.1, 0.15) is 117 Å².